The lowest BCUT2D eigenvalue weighted by atomic mass is 9.92. The van der Waals surface area contributed by atoms with Crippen LogP contribution in [0.1, 0.15) is 37.6 Å². The number of hydrogen-bond acceptors (Lipinski definition) is 2. The number of halogens is 1. The first-order valence-corrected chi connectivity index (χ1v) is 7.17. The van der Waals surface area contributed by atoms with Crippen LogP contribution in [-0.4, -0.2) is 9.78 Å². The molecule has 0 spiro atoms. The molecule has 2 aromatic rings. The van der Waals surface area contributed by atoms with Gasteiger partial charge >= 0.3 is 0 Å². The molecular weight excluding hydrogens is 302 g/mol. The first-order valence-electron chi connectivity index (χ1n) is 6.37. The molecule has 102 valence electrons. The Balaban J connectivity index is 2.40. The van der Waals surface area contributed by atoms with E-state index in [2.05, 4.69) is 60.9 Å². The van der Waals surface area contributed by atoms with Gasteiger partial charge in [0.2, 0.25) is 0 Å². The molecule has 3 nitrogen and oxygen atoms in total. The van der Waals surface area contributed by atoms with E-state index in [1.165, 1.54) is 11.1 Å². The van der Waals surface area contributed by atoms with Gasteiger partial charge in [0.05, 0.1) is 16.7 Å². The summed E-state index contributed by atoms with van der Waals surface area (Å²) in [6, 6.07) is 8.30. The summed E-state index contributed by atoms with van der Waals surface area (Å²) in [6.45, 7) is 9.22. The summed E-state index contributed by atoms with van der Waals surface area (Å²) < 4.78 is 2.78. The van der Waals surface area contributed by atoms with Gasteiger partial charge in [-0.25, -0.2) is 4.68 Å². The molecule has 4 heteroatoms. The Morgan fingerprint density at radius 2 is 1.89 bits per heavy atom. The molecule has 1 heterocycles. The fraction of sp³-hybridized carbons (Fsp3) is 0.400. The Hall–Kier alpha value is -1.29. The van der Waals surface area contributed by atoms with Crippen LogP contribution >= 0.6 is 15.9 Å². The Morgan fingerprint density at radius 3 is 2.42 bits per heavy atom. The van der Waals surface area contributed by atoms with Gasteiger partial charge in [-0.1, -0.05) is 45.0 Å². The summed E-state index contributed by atoms with van der Waals surface area (Å²) in [6.07, 6.45) is 0. The van der Waals surface area contributed by atoms with Crippen molar-refractivity contribution in [3.8, 4) is 0 Å². The van der Waals surface area contributed by atoms with Gasteiger partial charge in [0.1, 0.15) is 5.82 Å². The maximum absolute atomic E-state index is 6.15. The van der Waals surface area contributed by atoms with Gasteiger partial charge in [0, 0.05) is 5.41 Å². The average Bonchev–Trinajstić information content (AvgIpc) is 2.60. The Labute approximate surface area is 122 Å². The first kappa shape index (κ1) is 14.1. The molecule has 0 fully saturated rings. The van der Waals surface area contributed by atoms with Gasteiger partial charge in [-0.05, 0) is 34.0 Å². The molecule has 0 bridgehead atoms. The second-order valence-corrected chi connectivity index (χ2v) is 6.67. The van der Waals surface area contributed by atoms with E-state index in [4.69, 9.17) is 5.73 Å². The van der Waals surface area contributed by atoms with Gasteiger partial charge in [0.25, 0.3) is 0 Å². The van der Waals surface area contributed by atoms with Gasteiger partial charge in [-0.15, -0.1) is 0 Å². The molecule has 0 saturated heterocycles. The highest BCUT2D eigenvalue weighted by Crippen LogP contribution is 2.33. The maximum atomic E-state index is 6.15. The second kappa shape index (κ2) is 5.00. The summed E-state index contributed by atoms with van der Waals surface area (Å²) in [5.41, 5.74) is 9.62. The van der Waals surface area contributed by atoms with Crippen molar-refractivity contribution in [1.29, 1.82) is 0 Å². The van der Waals surface area contributed by atoms with E-state index in [0.717, 1.165) is 10.2 Å². The summed E-state index contributed by atoms with van der Waals surface area (Å²) in [7, 11) is 0. The minimum atomic E-state index is -0.0239. The van der Waals surface area contributed by atoms with Gasteiger partial charge in [0.15, 0.2) is 0 Å². The van der Waals surface area contributed by atoms with Crippen LogP contribution in [0.5, 0.6) is 0 Å². The highest BCUT2D eigenvalue weighted by atomic mass is 79.9. The largest absolute Gasteiger partial charge is 0.383 e. The third kappa shape index (κ3) is 2.84. The highest BCUT2D eigenvalue weighted by Gasteiger charge is 2.24. The molecule has 0 unspecified atom stereocenters. The Bertz CT molecular complexity index is 594. The zero-order valence-electron chi connectivity index (χ0n) is 11.9. The fourth-order valence-electron chi connectivity index (χ4n) is 2.00. The number of aromatic nitrogens is 2. The van der Waals surface area contributed by atoms with Crippen LogP contribution in [0.3, 0.4) is 0 Å². The lowest BCUT2D eigenvalue weighted by molar-refractivity contribution is 0.544. The molecule has 2 N–H and O–H groups in total. The second-order valence-electron chi connectivity index (χ2n) is 5.88. The molecular formula is C15H20BrN3. The molecule has 0 saturated carbocycles. The van der Waals surface area contributed by atoms with Crippen molar-refractivity contribution in [2.45, 2.75) is 39.7 Å². The van der Waals surface area contributed by atoms with E-state index < -0.39 is 0 Å². The number of anilines is 1. The highest BCUT2D eigenvalue weighted by molar-refractivity contribution is 9.10. The quantitative estimate of drug-likeness (QED) is 0.912. The van der Waals surface area contributed by atoms with Crippen molar-refractivity contribution in [2.24, 2.45) is 0 Å². The molecule has 19 heavy (non-hydrogen) atoms. The standard InChI is InChI=1S/C15H20BrN3/c1-10-7-5-6-8-11(10)9-19-14(17)12(16)13(18-19)15(2,3)4/h5-8H,9,17H2,1-4H3. The molecule has 0 aliphatic carbocycles. The van der Waals surface area contributed by atoms with Crippen LogP contribution in [0.4, 0.5) is 5.82 Å². The SMILES string of the molecule is Cc1ccccc1Cn1nc(C(C)(C)C)c(Br)c1N. The summed E-state index contributed by atoms with van der Waals surface area (Å²) in [5, 5.41) is 4.66. The molecule has 0 amide bonds. The van der Waals surface area contributed by atoms with E-state index in [0.29, 0.717) is 12.4 Å². The summed E-state index contributed by atoms with van der Waals surface area (Å²) in [4.78, 5) is 0. The first-order chi connectivity index (χ1) is 8.80. The Morgan fingerprint density at radius 1 is 1.26 bits per heavy atom. The van der Waals surface area contributed by atoms with Crippen LogP contribution in [0.15, 0.2) is 28.7 Å². The van der Waals surface area contributed by atoms with Crippen molar-refractivity contribution < 1.29 is 0 Å². The summed E-state index contributed by atoms with van der Waals surface area (Å²) in [5.74, 6) is 0.688. The van der Waals surface area contributed by atoms with Gasteiger partial charge in [-0.3, -0.25) is 0 Å². The predicted molar refractivity (Wildman–Crippen MR) is 83.3 cm³/mol. The zero-order chi connectivity index (χ0) is 14.2. The number of rotatable bonds is 2. The zero-order valence-corrected chi connectivity index (χ0v) is 13.5. The molecule has 2 rings (SSSR count). The normalized spacial score (nSPS) is 11.8. The third-order valence-electron chi connectivity index (χ3n) is 3.22. The number of nitrogens with zero attached hydrogens (tertiary/aromatic N) is 2. The summed E-state index contributed by atoms with van der Waals surface area (Å²) >= 11 is 3.56. The topological polar surface area (TPSA) is 43.8 Å². The number of hydrogen-bond donors (Lipinski definition) is 1. The molecule has 0 radical (unpaired) electrons. The van der Waals surface area contributed by atoms with Gasteiger partial charge in [-0.2, -0.15) is 5.10 Å². The lowest BCUT2D eigenvalue weighted by Crippen LogP contribution is -2.14. The minimum Gasteiger partial charge on any atom is -0.383 e. The predicted octanol–water partition coefficient (Wildman–Crippen LogP) is 3.88. The number of nitrogens with two attached hydrogens (primary N) is 1. The van der Waals surface area contributed by atoms with Crippen LogP contribution in [0.25, 0.3) is 0 Å². The van der Waals surface area contributed by atoms with E-state index in [1.807, 2.05) is 16.8 Å². The molecule has 0 atom stereocenters. The van der Waals surface area contributed by atoms with Crippen LogP contribution in [-0.2, 0) is 12.0 Å². The van der Waals surface area contributed by atoms with E-state index in [1.54, 1.807) is 0 Å². The maximum Gasteiger partial charge on any atom is 0.136 e. The smallest absolute Gasteiger partial charge is 0.136 e. The number of aryl methyl sites for hydroxylation is 1. The van der Waals surface area contributed by atoms with E-state index >= 15 is 0 Å². The molecule has 0 aliphatic heterocycles. The number of nitrogen functional groups attached to an aromatic ring is 1. The Kier molecular flexibility index (Phi) is 3.72. The van der Waals surface area contributed by atoms with Crippen LogP contribution < -0.4 is 5.73 Å². The monoisotopic (exact) mass is 321 g/mol. The van der Waals surface area contributed by atoms with Crippen molar-refractivity contribution >= 4 is 21.7 Å². The molecule has 1 aromatic carbocycles. The van der Waals surface area contributed by atoms with Crippen LogP contribution in [0.2, 0.25) is 0 Å². The minimum absolute atomic E-state index is 0.0239. The molecule has 0 aliphatic rings. The van der Waals surface area contributed by atoms with Crippen molar-refractivity contribution in [3.63, 3.8) is 0 Å². The van der Waals surface area contributed by atoms with Crippen molar-refractivity contribution in [2.75, 3.05) is 5.73 Å². The fourth-order valence-corrected chi connectivity index (χ4v) is 2.88. The van der Waals surface area contributed by atoms with Crippen LogP contribution in [0, 0.1) is 6.92 Å². The van der Waals surface area contributed by atoms with E-state index in [9.17, 15) is 0 Å². The van der Waals surface area contributed by atoms with Crippen molar-refractivity contribution in [3.05, 3.63) is 45.6 Å². The van der Waals surface area contributed by atoms with E-state index in [-0.39, 0.29) is 5.41 Å². The van der Waals surface area contributed by atoms with Gasteiger partial charge < -0.3 is 5.73 Å². The number of benzene rings is 1. The van der Waals surface area contributed by atoms with Crippen molar-refractivity contribution in [1.82, 2.24) is 9.78 Å². The lowest BCUT2D eigenvalue weighted by Gasteiger charge is -2.15. The molecule has 1 aromatic heterocycles. The average molecular weight is 322 g/mol. The third-order valence-corrected chi connectivity index (χ3v) is 4.01.